The van der Waals surface area contributed by atoms with Gasteiger partial charge in [0, 0.05) is 13.8 Å². The molecule has 0 amide bonds. The molecule has 0 heterocycles. The number of ether oxygens (including phenoxy) is 2. The Kier molecular flexibility index (Phi) is 4.50. The monoisotopic (exact) mass is 190 g/mol. The summed E-state index contributed by atoms with van der Waals surface area (Å²) in [7, 11) is 0. The van der Waals surface area contributed by atoms with E-state index in [0.717, 1.165) is 13.8 Å². The summed E-state index contributed by atoms with van der Waals surface area (Å²) in [5, 5.41) is 8.47. The lowest BCUT2D eigenvalue weighted by Gasteiger charge is -2.11. The SMILES string of the molecule is CC(=O)OC[C@@H](OC(C)=O)C(=O)O. The van der Waals surface area contributed by atoms with Crippen LogP contribution in [0, 0.1) is 0 Å². The fourth-order valence-electron chi connectivity index (χ4n) is 0.549. The molecule has 0 aromatic carbocycles. The molecule has 0 bridgehead atoms. The van der Waals surface area contributed by atoms with Gasteiger partial charge >= 0.3 is 17.9 Å². The molecule has 0 fully saturated rings. The first-order valence-electron chi connectivity index (χ1n) is 3.47. The van der Waals surface area contributed by atoms with Crippen LogP contribution in [0.25, 0.3) is 0 Å². The van der Waals surface area contributed by atoms with Crippen molar-refractivity contribution in [3.05, 3.63) is 0 Å². The second kappa shape index (κ2) is 5.13. The lowest BCUT2D eigenvalue weighted by Crippen LogP contribution is -2.31. The number of carbonyl (C=O) groups excluding carboxylic acids is 2. The van der Waals surface area contributed by atoms with Crippen molar-refractivity contribution in [2.45, 2.75) is 20.0 Å². The van der Waals surface area contributed by atoms with E-state index in [-0.39, 0.29) is 0 Å². The van der Waals surface area contributed by atoms with Gasteiger partial charge in [-0.15, -0.1) is 0 Å². The standard InChI is InChI=1S/C7H10O6/c1-4(8)12-3-6(7(10)11)13-5(2)9/h6H,3H2,1-2H3,(H,10,11)/t6-/m1/s1. The number of hydrogen-bond acceptors (Lipinski definition) is 5. The predicted molar refractivity (Wildman–Crippen MR) is 39.8 cm³/mol. The molecule has 0 aliphatic carbocycles. The highest BCUT2D eigenvalue weighted by Crippen LogP contribution is 1.95. The van der Waals surface area contributed by atoms with E-state index in [2.05, 4.69) is 9.47 Å². The summed E-state index contributed by atoms with van der Waals surface area (Å²) in [6, 6.07) is 0. The maximum Gasteiger partial charge on any atom is 0.348 e. The van der Waals surface area contributed by atoms with Crippen LogP contribution < -0.4 is 0 Å². The number of rotatable bonds is 4. The van der Waals surface area contributed by atoms with E-state index in [1.165, 1.54) is 0 Å². The van der Waals surface area contributed by atoms with Gasteiger partial charge in [0.2, 0.25) is 6.10 Å². The molecular formula is C7H10O6. The molecule has 1 N–H and O–H groups in total. The fraction of sp³-hybridized carbons (Fsp3) is 0.571. The van der Waals surface area contributed by atoms with Crippen LogP contribution in [-0.2, 0) is 23.9 Å². The van der Waals surface area contributed by atoms with Crippen molar-refractivity contribution < 1.29 is 29.0 Å². The highest BCUT2D eigenvalue weighted by molar-refractivity contribution is 5.77. The van der Waals surface area contributed by atoms with Crippen molar-refractivity contribution in [1.29, 1.82) is 0 Å². The Morgan fingerprint density at radius 2 is 1.77 bits per heavy atom. The topological polar surface area (TPSA) is 89.9 Å². The number of esters is 2. The summed E-state index contributed by atoms with van der Waals surface area (Å²) in [4.78, 5) is 31.1. The summed E-state index contributed by atoms with van der Waals surface area (Å²) in [6.45, 7) is 1.74. The fourth-order valence-corrected chi connectivity index (χ4v) is 0.549. The molecule has 0 aliphatic rings. The summed E-state index contributed by atoms with van der Waals surface area (Å²) >= 11 is 0. The Balaban J connectivity index is 4.02. The second-order valence-corrected chi connectivity index (χ2v) is 2.24. The van der Waals surface area contributed by atoms with Crippen LogP contribution in [-0.4, -0.2) is 35.7 Å². The van der Waals surface area contributed by atoms with Gasteiger partial charge in [-0.2, -0.15) is 0 Å². The molecule has 0 saturated heterocycles. The minimum Gasteiger partial charge on any atom is -0.478 e. The highest BCUT2D eigenvalue weighted by atomic mass is 16.6. The van der Waals surface area contributed by atoms with E-state index >= 15 is 0 Å². The normalized spacial score (nSPS) is 11.5. The van der Waals surface area contributed by atoms with Crippen LogP contribution in [0.5, 0.6) is 0 Å². The third kappa shape index (κ3) is 5.66. The molecule has 0 spiro atoms. The van der Waals surface area contributed by atoms with E-state index < -0.39 is 30.6 Å². The first kappa shape index (κ1) is 11.4. The molecule has 1 atom stereocenters. The van der Waals surface area contributed by atoms with E-state index in [1.807, 2.05) is 0 Å². The molecular weight excluding hydrogens is 180 g/mol. The van der Waals surface area contributed by atoms with E-state index in [0.29, 0.717) is 0 Å². The highest BCUT2D eigenvalue weighted by Gasteiger charge is 2.21. The lowest BCUT2D eigenvalue weighted by molar-refractivity contribution is -0.169. The summed E-state index contributed by atoms with van der Waals surface area (Å²) < 4.78 is 8.72. The van der Waals surface area contributed by atoms with Gasteiger partial charge in [0.15, 0.2) is 0 Å². The van der Waals surface area contributed by atoms with Crippen molar-refractivity contribution in [2.24, 2.45) is 0 Å². The van der Waals surface area contributed by atoms with Gasteiger partial charge in [0.05, 0.1) is 0 Å². The third-order valence-electron chi connectivity index (χ3n) is 1.02. The molecule has 0 aliphatic heterocycles. The largest absolute Gasteiger partial charge is 0.478 e. The second-order valence-electron chi connectivity index (χ2n) is 2.24. The van der Waals surface area contributed by atoms with Crippen LogP contribution >= 0.6 is 0 Å². The molecule has 0 aromatic rings. The third-order valence-corrected chi connectivity index (χ3v) is 1.02. The maximum absolute atomic E-state index is 10.4. The van der Waals surface area contributed by atoms with E-state index in [4.69, 9.17) is 5.11 Å². The average molecular weight is 190 g/mol. The zero-order chi connectivity index (χ0) is 10.4. The van der Waals surface area contributed by atoms with Gasteiger partial charge in [0.25, 0.3) is 0 Å². The minimum absolute atomic E-state index is 0.468. The van der Waals surface area contributed by atoms with Gasteiger partial charge in [-0.1, -0.05) is 0 Å². The Labute approximate surface area is 74.4 Å². The molecule has 6 heteroatoms. The smallest absolute Gasteiger partial charge is 0.348 e. The lowest BCUT2D eigenvalue weighted by atomic mass is 10.4. The van der Waals surface area contributed by atoms with Crippen molar-refractivity contribution in [2.75, 3.05) is 6.61 Å². The zero-order valence-electron chi connectivity index (χ0n) is 7.27. The number of carbonyl (C=O) groups is 3. The Bertz CT molecular complexity index is 221. The molecule has 74 valence electrons. The van der Waals surface area contributed by atoms with Crippen LogP contribution in [0.4, 0.5) is 0 Å². The van der Waals surface area contributed by atoms with Crippen molar-refractivity contribution in [3.63, 3.8) is 0 Å². The molecule has 0 rings (SSSR count). The molecule has 13 heavy (non-hydrogen) atoms. The number of aliphatic carboxylic acids is 1. The van der Waals surface area contributed by atoms with Crippen LogP contribution in [0.2, 0.25) is 0 Å². The molecule has 0 aromatic heterocycles. The molecule has 0 radical (unpaired) electrons. The van der Waals surface area contributed by atoms with Crippen molar-refractivity contribution >= 4 is 17.9 Å². The molecule has 0 unspecified atom stereocenters. The van der Waals surface area contributed by atoms with Gasteiger partial charge in [0.1, 0.15) is 6.61 Å². The first-order chi connectivity index (χ1) is 5.93. The number of hydrogen-bond donors (Lipinski definition) is 1. The van der Waals surface area contributed by atoms with Gasteiger partial charge in [-0.3, -0.25) is 9.59 Å². The number of carboxylic acids is 1. The van der Waals surface area contributed by atoms with Crippen molar-refractivity contribution in [3.8, 4) is 0 Å². The molecule has 6 nitrogen and oxygen atoms in total. The average Bonchev–Trinajstić information content (AvgIpc) is 1.96. The summed E-state index contributed by atoms with van der Waals surface area (Å²) in [5.41, 5.74) is 0. The van der Waals surface area contributed by atoms with Crippen LogP contribution in [0.1, 0.15) is 13.8 Å². The van der Waals surface area contributed by atoms with Gasteiger partial charge < -0.3 is 14.6 Å². The quantitative estimate of drug-likeness (QED) is 0.604. The first-order valence-corrected chi connectivity index (χ1v) is 3.47. The van der Waals surface area contributed by atoms with E-state index in [1.54, 1.807) is 0 Å². The Morgan fingerprint density at radius 3 is 2.08 bits per heavy atom. The Morgan fingerprint density at radius 1 is 1.23 bits per heavy atom. The van der Waals surface area contributed by atoms with Crippen LogP contribution in [0.3, 0.4) is 0 Å². The van der Waals surface area contributed by atoms with Crippen LogP contribution in [0.15, 0.2) is 0 Å². The van der Waals surface area contributed by atoms with Gasteiger partial charge in [-0.25, -0.2) is 4.79 Å². The summed E-state index contributed by atoms with van der Waals surface area (Å²) in [6.07, 6.45) is -1.43. The van der Waals surface area contributed by atoms with Gasteiger partial charge in [-0.05, 0) is 0 Å². The predicted octanol–water partition coefficient (Wildman–Crippen LogP) is -0.434. The summed E-state index contributed by atoms with van der Waals surface area (Å²) in [5.74, 6) is -2.71. The molecule has 0 saturated carbocycles. The maximum atomic E-state index is 10.4. The number of carboxylic acid groups (broad SMARTS) is 1. The minimum atomic E-state index is -1.43. The zero-order valence-corrected chi connectivity index (χ0v) is 7.27. The van der Waals surface area contributed by atoms with E-state index in [9.17, 15) is 14.4 Å². The Hall–Kier alpha value is -1.59. The van der Waals surface area contributed by atoms with Crippen molar-refractivity contribution in [1.82, 2.24) is 0 Å².